The topological polar surface area (TPSA) is 29.5 Å². The Kier molecular flexibility index (Phi) is 2.61. The molecule has 88 valence electrons. The molecule has 2 fully saturated rings. The number of hydrogen-bond donors (Lipinski definition) is 0. The van der Waals surface area contributed by atoms with Gasteiger partial charge in [0, 0.05) is 6.04 Å². The number of fused-ring (bicyclic) bond motifs is 2. The van der Waals surface area contributed by atoms with Gasteiger partial charge < -0.3 is 4.74 Å². The Morgan fingerprint density at radius 2 is 2.12 bits per heavy atom. The van der Waals surface area contributed by atoms with Crippen LogP contribution in [0.15, 0.2) is 0 Å². The highest BCUT2D eigenvalue weighted by Gasteiger charge is 2.48. The highest BCUT2D eigenvalue weighted by molar-refractivity contribution is 5.70. The van der Waals surface area contributed by atoms with E-state index in [-0.39, 0.29) is 12.1 Å². The van der Waals surface area contributed by atoms with Crippen molar-refractivity contribution in [2.45, 2.75) is 57.7 Å². The standard InChI is InChI=1S/C13H19NO2/c1-5-11-9-6-7-10(8-9)14(11)12(15)16-13(2,3)4/h1,9-11H,6-8H2,2-4H3/t9-,10+,11+/m1/s1. The molecule has 2 rings (SSSR count). The average Bonchev–Trinajstić information content (AvgIpc) is 2.72. The van der Waals surface area contributed by atoms with Crippen LogP contribution in [0.1, 0.15) is 40.0 Å². The van der Waals surface area contributed by atoms with Gasteiger partial charge in [0.2, 0.25) is 0 Å². The third kappa shape index (κ3) is 1.89. The van der Waals surface area contributed by atoms with Gasteiger partial charge in [-0.15, -0.1) is 6.42 Å². The van der Waals surface area contributed by atoms with E-state index in [4.69, 9.17) is 11.2 Å². The Labute approximate surface area is 97.1 Å². The monoisotopic (exact) mass is 221 g/mol. The Morgan fingerprint density at radius 3 is 2.69 bits per heavy atom. The first-order chi connectivity index (χ1) is 7.42. The Bertz CT molecular complexity index is 337. The number of carbonyl (C=O) groups is 1. The molecule has 0 spiro atoms. The zero-order chi connectivity index (χ0) is 11.9. The minimum absolute atomic E-state index is 0.0476. The summed E-state index contributed by atoms with van der Waals surface area (Å²) in [6.45, 7) is 5.64. The first-order valence-electron chi connectivity index (χ1n) is 5.90. The fourth-order valence-electron chi connectivity index (χ4n) is 2.78. The predicted octanol–water partition coefficient (Wildman–Crippen LogP) is 2.41. The van der Waals surface area contributed by atoms with E-state index < -0.39 is 5.60 Å². The lowest BCUT2D eigenvalue weighted by atomic mass is 10.00. The van der Waals surface area contributed by atoms with Crippen LogP contribution in [-0.2, 0) is 4.74 Å². The molecule has 1 saturated heterocycles. The van der Waals surface area contributed by atoms with Crippen LogP contribution >= 0.6 is 0 Å². The number of hydrogen-bond acceptors (Lipinski definition) is 2. The highest BCUT2D eigenvalue weighted by Crippen LogP contribution is 2.42. The minimum atomic E-state index is -0.446. The van der Waals surface area contributed by atoms with Gasteiger partial charge in [-0.3, -0.25) is 4.90 Å². The normalized spacial score (nSPS) is 32.6. The zero-order valence-electron chi connectivity index (χ0n) is 10.2. The molecule has 0 N–H and O–H groups in total. The van der Waals surface area contributed by atoms with E-state index >= 15 is 0 Å². The fraction of sp³-hybridized carbons (Fsp3) is 0.769. The lowest BCUT2D eigenvalue weighted by Crippen LogP contribution is -2.46. The molecule has 1 aliphatic heterocycles. The van der Waals surface area contributed by atoms with Crippen LogP contribution in [0.25, 0.3) is 0 Å². The quantitative estimate of drug-likeness (QED) is 0.588. The molecule has 16 heavy (non-hydrogen) atoms. The lowest BCUT2D eigenvalue weighted by molar-refractivity contribution is 0.0135. The van der Waals surface area contributed by atoms with Crippen molar-refractivity contribution in [1.29, 1.82) is 0 Å². The van der Waals surface area contributed by atoms with E-state index in [9.17, 15) is 4.79 Å². The summed E-state index contributed by atoms with van der Waals surface area (Å²) in [4.78, 5) is 13.8. The largest absolute Gasteiger partial charge is 0.444 e. The van der Waals surface area contributed by atoms with Crippen molar-refractivity contribution in [2.24, 2.45) is 5.92 Å². The highest BCUT2D eigenvalue weighted by atomic mass is 16.6. The molecule has 0 aromatic rings. The first-order valence-corrected chi connectivity index (χ1v) is 5.90. The summed E-state index contributed by atoms with van der Waals surface area (Å²) in [7, 11) is 0. The van der Waals surface area contributed by atoms with E-state index in [0.29, 0.717) is 12.0 Å². The molecule has 3 atom stereocenters. The van der Waals surface area contributed by atoms with Crippen molar-refractivity contribution in [2.75, 3.05) is 0 Å². The average molecular weight is 221 g/mol. The second-order valence-electron chi connectivity index (χ2n) is 5.73. The van der Waals surface area contributed by atoms with E-state index in [2.05, 4.69) is 5.92 Å². The maximum Gasteiger partial charge on any atom is 0.411 e. The molecule has 1 saturated carbocycles. The summed E-state index contributed by atoms with van der Waals surface area (Å²) >= 11 is 0. The van der Waals surface area contributed by atoms with Crippen LogP contribution in [0.3, 0.4) is 0 Å². The summed E-state index contributed by atoms with van der Waals surface area (Å²) in [5.74, 6) is 3.23. The molecule has 1 heterocycles. The van der Waals surface area contributed by atoms with Crippen molar-refractivity contribution < 1.29 is 9.53 Å². The fourth-order valence-corrected chi connectivity index (χ4v) is 2.78. The second kappa shape index (κ2) is 3.69. The molecule has 0 aromatic carbocycles. The summed E-state index contributed by atoms with van der Waals surface area (Å²) in [5.41, 5.74) is -0.446. The molecule has 3 nitrogen and oxygen atoms in total. The van der Waals surface area contributed by atoms with Gasteiger partial charge in [0.15, 0.2) is 0 Å². The van der Waals surface area contributed by atoms with Crippen LogP contribution in [0.2, 0.25) is 0 Å². The van der Waals surface area contributed by atoms with Crippen LogP contribution in [0, 0.1) is 18.3 Å². The van der Waals surface area contributed by atoms with Gasteiger partial charge in [0.25, 0.3) is 0 Å². The molecular formula is C13H19NO2. The van der Waals surface area contributed by atoms with Gasteiger partial charge >= 0.3 is 6.09 Å². The van der Waals surface area contributed by atoms with Gasteiger partial charge in [0.1, 0.15) is 5.60 Å². The molecule has 1 aliphatic carbocycles. The maximum atomic E-state index is 12.0. The smallest absolute Gasteiger partial charge is 0.411 e. The maximum absolute atomic E-state index is 12.0. The van der Waals surface area contributed by atoms with Gasteiger partial charge in [-0.25, -0.2) is 4.79 Å². The van der Waals surface area contributed by atoms with Crippen LogP contribution < -0.4 is 0 Å². The van der Waals surface area contributed by atoms with Gasteiger partial charge in [-0.2, -0.15) is 0 Å². The molecule has 0 aromatic heterocycles. The number of amides is 1. The molecular weight excluding hydrogens is 202 g/mol. The molecule has 2 bridgehead atoms. The summed E-state index contributed by atoms with van der Waals surface area (Å²) in [6.07, 6.45) is 8.54. The summed E-state index contributed by atoms with van der Waals surface area (Å²) < 4.78 is 5.40. The number of ether oxygens (including phenoxy) is 1. The Balaban J connectivity index is 2.09. The van der Waals surface area contributed by atoms with E-state index in [0.717, 1.165) is 19.3 Å². The minimum Gasteiger partial charge on any atom is -0.444 e. The van der Waals surface area contributed by atoms with Crippen LogP contribution in [-0.4, -0.2) is 28.7 Å². The molecule has 3 heteroatoms. The molecule has 0 radical (unpaired) electrons. The first kappa shape index (κ1) is 11.3. The van der Waals surface area contributed by atoms with Gasteiger partial charge in [-0.05, 0) is 46.0 Å². The summed E-state index contributed by atoms with van der Waals surface area (Å²) in [5, 5.41) is 0. The summed E-state index contributed by atoms with van der Waals surface area (Å²) in [6, 6.07) is 0.259. The van der Waals surface area contributed by atoms with Crippen LogP contribution in [0.5, 0.6) is 0 Å². The number of carbonyl (C=O) groups excluding carboxylic acids is 1. The number of rotatable bonds is 0. The van der Waals surface area contributed by atoms with Crippen LogP contribution in [0.4, 0.5) is 4.79 Å². The third-order valence-electron chi connectivity index (χ3n) is 3.36. The van der Waals surface area contributed by atoms with Crippen molar-refractivity contribution in [3.63, 3.8) is 0 Å². The SMILES string of the molecule is C#C[C@H]1[C@@H]2CC[C@@H](C2)N1C(=O)OC(C)(C)C. The van der Waals surface area contributed by atoms with E-state index in [1.807, 2.05) is 20.8 Å². The van der Waals surface area contributed by atoms with Crippen molar-refractivity contribution in [3.05, 3.63) is 0 Å². The number of likely N-dealkylation sites (tertiary alicyclic amines) is 1. The Morgan fingerprint density at radius 1 is 1.44 bits per heavy atom. The van der Waals surface area contributed by atoms with Crippen molar-refractivity contribution in [1.82, 2.24) is 4.90 Å². The number of piperidine rings is 1. The third-order valence-corrected chi connectivity index (χ3v) is 3.36. The lowest BCUT2D eigenvalue weighted by Gasteiger charge is -2.33. The van der Waals surface area contributed by atoms with E-state index in [1.165, 1.54) is 0 Å². The second-order valence-corrected chi connectivity index (χ2v) is 5.73. The zero-order valence-corrected chi connectivity index (χ0v) is 10.2. The number of nitrogens with zero attached hydrogens (tertiary/aromatic N) is 1. The van der Waals surface area contributed by atoms with Gasteiger partial charge in [-0.1, -0.05) is 5.92 Å². The Hall–Kier alpha value is -1.17. The number of terminal acetylenes is 1. The van der Waals surface area contributed by atoms with E-state index in [1.54, 1.807) is 4.90 Å². The molecule has 0 unspecified atom stereocenters. The van der Waals surface area contributed by atoms with Crippen molar-refractivity contribution in [3.8, 4) is 12.3 Å². The molecule has 2 aliphatic rings. The van der Waals surface area contributed by atoms with Crippen molar-refractivity contribution >= 4 is 6.09 Å². The predicted molar refractivity (Wildman–Crippen MR) is 61.8 cm³/mol. The van der Waals surface area contributed by atoms with Gasteiger partial charge in [0.05, 0.1) is 6.04 Å². The molecule has 1 amide bonds.